The fourth-order valence-corrected chi connectivity index (χ4v) is 4.49. The third-order valence-electron chi connectivity index (χ3n) is 5.06. The number of hydrogen-bond donors (Lipinski definition) is 1. The van der Waals surface area contributed by atoms with E-state index in [1.807, 2.05) is 6.07 Å². The lowest BCUT2D eigenvalue weighted by atomic mass is 10.0. The molecule has 142 valence electrons. The van der Waals surface area contributed by atoms with Crippen molar-refractivity contribution in [2.24, 2.45) is 0 Å². The van der Waals surface area contributed by atoms with Gasteiger partial charge in [-0.1, -0.05) is 36.4 Å². The van der Waals surface area contributed by atoms with Crippen LogP contribution in [0.3, 0.4) is 0 Å². The van der Waals surface area contributed by atoms with Gasteiger partial charge in [-0.2, -0.15) is 0 Å². The van der Waals surface area contributed by atoms with Crippen LogP contribution in [0.1, 0.15) is 28.7 Å². The van der Waals surface area contributed by atoms with Crippen molar-refractivity contribution in [3.05, 3.63) is 88.4 Å². The van der Waals surface area contributed by atoms with Crippen molar-refractivity contribution in [2.45, 2.75) is 32.6 Å². The molecule has 4 heteroatoms. The van der Waals surface area contributed by atoms with Crippen LogP contribution in [-0.4, -0.2) is 15.6 Å². The van der Waals surface area contributed by atoms with Crippen LogP contribution in [0.5, 0.6) is 0 Å². The van der Waals surface area contributed by atoms with Crippen molar-refractivity contribution in [1.29, 1.82) is 0 Å². The van der Waals surface area contributed by atoms with E-state index in [9.17, 15) is 4.79 Å². The molecule has 0 spiro atoms. The van der Waals surface area contributed by atoms with Crippen LogP contribution in [0.2, 0.25) is 0 Å². The number of aromatic nitrogens is 1. The zero-order chi connectivity index (χ0) is 19.5. The van der Waals surface area contributed by atoms with E-state index >= 15 is 0 Å². The lowest BCUT2D eigenvalue weighted by Crippen LogP contribution is -1.97. The van der Waals surface area contributed by atoms with Crippen molar-refractivity contribution in [1.82, 2.24) is 4.57 Å². The van der Waals surface area contributed by atoms with Crippen LogP contribution in [0.15, 0.2) is 66.2 Å². The first-order chi connectivity index (χ1) is 13.6. The lowest BCUT2D eigenvalue weighted by Gasteiger charge is -2.04. The highest BCUT2D eigenvalue weighted by Crippen LogP contribution is 2.30. The van der Waals surface area contributed by atoms with Gasteiger partial charge in [0.2, 0.25) is 0 Å². The van der Waals surface area contributed by atoms with Gasteiger partial charge in [-0.3, -0.25) is 4.79 Å². The topological polar surface area (TPSA) is 42.2 Å². The van der Waals surface area contributed by atoms with E-state index in [0.717, 1.165) is 18.4 Å². The molecule has 1 N–H and O–H groups in total. The Balaban J connectivity index is 1.72. The van der Waals surface area contributed by atoms with Gasteiger partial charge in [-0.15, -0.1) is 11.3 Å². The molecule has 0 unspecified atom stereocenters. The molecule has 4 rings (SSSR count). The predicted octanol–water partition coefficient (Wildman–Crippen LogP) is 5.80. The van der Waals surface area contributed by atoms with Crippen LogP contribution in [0.4, 0.5) is 0 Å². The SMILES string of the molecule is Cc1csc(-n2cc(CCc3ccccc3)c3cc(CCC(=O)O)ccc32)c1. The molecule has 0 aliphatic carbocycles. The number of nitrogens with zero attached hydrogens (tertiary/aromatic N) is 1. The maximum atomic E-state index is 11.0. The molecular weight excluding hydrogens is 366 g/mol. The summed E-state index contributed by atoms with van der Waals surface area (Å²) in [6, 6.07) is 19.1. The number of thiophene rings is 1. The maximum Gasteiger partial charge on any atom is 0.303 e. The summed E-state index contributed by atoms with van der Waals surface area (Å²) >= 11 is 1.75. The zero-order valence-electron chi connectivity index (χ0n) is 15.9. The van der Waals surface area contributed by atoms with E-state index in [2.05, 4.69) is 71.6 Å². The molecule has 2 aromatic heterocycles. The average molecular weight is 390 g/mol. The summed E-state index contributed by atoms with van der Waals surface area (Å²) in [6.45, 7) is 2.12. The van der Waals surface area contributed by atoms with Crippen molar-refractivity contribution in [3.8, 4) is 5.00 Å². The van der Waals surface area contributed by atoms with Gasteiger partial charge in [-0.25, -0.2) is 0 Å². The maximum absolute atomic E-state index is 11.0. The van der Waals surface area contributed by atoms with E-state index in [1.54, 1.807) is 11.3 Å². The van der Waals surface area contributed by atoms with Crippen molar-refractivity contribution in [3.63, 3.8) is 0 Å². The molecule has 0 fully saturated rings. The number of benzene rings is 2. The molecule has 0 amide bonds. The Labute approximate surface area is 168 Å². The second-order valence-electron chi connectivity index (χ2n) is 7.22. The molecule has 3 nitrogen and oxygen atoms in total. The number of aliphatic carboxylic acids is 1. The average Bonchev–Trinajstić information content (AvgIpc) is 3.28. The Morgan fingerprint density at radius 1 is 1.00 bits per heavy atom. The molecule has 0 radical (unpaired) electrons. The van der Waals surface area contributed by atoms with Crippen molar-refractivity contribution < 1.29 is 9.90 Å². The Morgan fingerprint density at radius 3 is 2.54 bits per heavy atom. The third kappa shape index (κ3) is 4.02. The standard InChI is InChI=1S/C24H23NO2S/c1-17-13-23(28-16-17)25-15-20(10-7-18-5-3-2-4-6-18)21-14-19(8-11-22(21)25)9-12-24(26)27/h2-6,8,11,13-16H,7,9-10,12H2,1H3,(H,26,27). The van der Waals surface area contributed by atoms with Gasteiger partial charge >= 0.3 is 5.97 Å². The fraction of sp³-hybridized carbons (Fsp3) is 0.208. The number of carboxylic acids is 1. The van der Waals surface area contributed by atoms with Crippen LogP contribution < -0.4 is 0 Å². The van der Waals surface area contributed by atoms with E-state index < -0.39 is 5.97 Å². The van der Waals surface area contributed by atoms with Gasteiger partial charge in [0.25, 0.3) is 0 Å². The fourth-order valence-electron chi connectivity index (χ4n) is 3.60. The van der Waals surface area contributed by atoms with Gasteiger partial charge in [0.15, 0.2) is 0 Å². The number of carboxylic acid groups (broad SMARTS) is 1. The lowest BCUT2D eigenvalue weighted by molar-refractivity contribution is -0.136. The highest BCUT2D eigenvalue weighted by atomic mass is 32.1. The van der Waals surface area contributed by atoms with Crippen LogP contribution >= 0.6 is 11.3 Å². The monoisotopic (exact) mass is 389 g/mol. The Bertz CT molecular complexity index is 1110. The minimum absolute atomic E-state index is 0.162. The van der Waals surface area contributed by atoms with Crippen molar-refractivity contribution in [2.75, 3.05) is 0 Å². The molecule has 0 atom stereocenters. The number of aryl methyl sites for hydroxylation is 4. The molecule has 2 heterocycles. The van der Waals surface area contributed by atoms with E-state index in [4.69, 9.17) is 5.11 Å². The van der Waals surface area contributed by atoms with Gasteiger partial charge < -0.3 is 9.67 Å². The normalized spacial score (nSPS) is 11.2. The number of rotatable bonds is 7. The molecule has 0 saturated carbocycles. The highest BCUT2D eigenvalue weighted by Gasteiger charge is 2.12. The summed E-state index contributed by atoms with van der Waals surface area (Å²) in [6.07, 6.45) is 4.92. The van der Waals surface area contributed by atoms with Gasteiger partial charge in [-0.05, 0) is 72.0 Å². The van der Waals surface area contributed by atoms with Gasteiger partial charge in [0, 0.05) is 18.0 Å². The first kappa shape index (κ1) is 18.5. The number of hydrogen-bond acceptors (Lipinski definition) is 2. The second kappa shape index (κ2) is 8.03. The summed E-state index contributed by atoms with van der Waals surface area (Å²) in [7, 11) is 0. The first-order valence-electron chi connectivity index (χ1n) is 9.54. The minimum Gasteiger partial charge on any atom is -0.481 e. The first-order valence-corrected chi connectivity index (χ1v) is 10.4. The number of fused-ring (bicyclic) bond motifs is 1. The third-order valence-corrected chi connectivity index (χ3v) is 6.10. The largest absolute Gasteiger partial charge is 0.481 e. The van der Waals surface area contributed by atoms with Crippen LogP contribution in [-0.2, 0) is 24.1 Å². The van der Waals surface area contributed by atoms with Crippen LogP contribution in [0, 0.1) is 6.92 Å². The Kier molecular flexibility index (Phi) is 5.31. The molecule has 2 aromatic carbocycles. The summed E-state index contributed by atoms with van der Waals surface area (Å²) in [4.78, 5) is 11.0. The second-order valence-corrected chi connectivity index (χ2v) is 8.11. The summed E-state index contributed by atoms with van der Waals surface area (Å²) < 4.78 is 2.27. The zero-order valence-corrected chi connectivity index (χ0v) is 16.7. The molecule has 4 aromatic rings. The Hall–Kier alpha value is -2.85. The van der Waals surface area contributed by atoms with Gasteiger partial charge in [0.1, 0.15) is 0 Å². The highest BCUT2D eigenvalue weighted by molar-refractivity contribution is 7.12. The van der Waals surface area contributed by atoms with E-state index in [0.29, 0.717) is 6.42 Å². The molecule has 0 saturated heterocycles. The van der Waals surface area contributed by atoms with Gasteiger partial charge in [0.05, 0.1) is 10.5 Å². The van der Waals surface area contributed by atoms with Crippen LogP contribution in [0.25, 0.3) is 15.9 Å². The minimum atomic E-state index is -0.754. The Morgan fingerprint density at radius 2 is 1.82 bits per heavy atom. The quantitative estimate of drug-likeness (QED) is 0.434. The molecule has 0 bridgehead atoms. The van der Waals surface area contributed by atoms with Crippen molar-refractivity contribution >= 4 is 28.2 Å². The molecular formula is C24H23NO2S. The summed E-state index contributed by atoms with van der Waals surface area (Å²) in [5, 5.41) is 13.6. The van der Waals surface area contributed by atoms with E-state index in [-0.39, 0.29) is 6.42 Å². The molecule has 0 aliphatic rings. The summed E-state index contributed by atoms with van der Waals surface area (Å²) in [5.74, 6) is -0.754. The predicted molar refractivity (Wildman–Crippen MR) is 116 cm³/mol. The summed E-state index contributed by atoms with van der Waals surface area (Å²) in [5.41, 5.74) is 6.17. The van der Waals surface area contributed by atoms with E-state index in [1.165, 1.54) is 32.6 Å². The number of carbonyl (C=O) groups is 1. The molecule has 28 heavy (non-hydrogen) atoms. The smallest absolute Gasteiger partial charge is 0.303 e. The molecule has 0 aliphatic heterocycles.